The van der Waals surface area contributed by atoms with Crippen molar-refractivity contribution in [3.8, 4) is 0 Å². The van der Waals surface area contributed by atoms with Crippen LogP contribution in [0, 0.1) is 0 Å². The number of hydrogen-bond acceptors (Lipinski definition) is 9. The minimum Gasteiger partial charge on any atom is -0.726 e. The summed E-state index contributed by atoms with van der Waals surface area (Å²) in [5.74, 6) is -0.627. The molecule has 0 saturated carbocycles. The molecule has 2 fully saturated rings. The molecule has 0 aromatic carbocycles. The maximum atomic E-state index is 11.0. The van der Waals surface area contributed by atoms with Crippen LogP contribution in [-0.4, -0.2) is 59.5 Å². The largest absolute Gasteiger partial charge is 1.00 e. The van der Waals surface area contributed by atoms with Crippen molar-refractivity contribution in [2.45, 2.75) is 70.5 Å². The van der Waals surface area contributed by atoms with E-state index in [-0.39, 0.29) is 35.6 Å². The van der Waals surface area contributed by atoms with Crippen molar-refractivity contribution in [2.75, 3.05) is 5.75 Å². The van der Waals surface area contributed by atoms with Gasteiger partial charge in [0.2, 0.25) is 10.4 Å². The zero-order valence-electron chi connectivity index (χ0n) is 14.9. The first kappa shape index (κ1) is 24.0. The van der Waals surface area contributed by atoms with Crippen LogP contribution in [0.25, 0.3) is 0 Å². The van der Waals surface area contributed by atoms with Crippen LogP contribution >= 0.6 is 24.0 Å². The van der Waals surface area contributed by atoms with Crippen LogP contribution in [0.4, 0.5) is 0 Å². The van der Waals surface area contributed by atoms with Crippen molar-refractivity contribution in [2.24, 2.45) is 0 Å². The third kappa shape index (κ3) is 7.15. The van der Waals surface area contributed by atoms with E-state index in [1.165, 1.54) is 11.8 Å². The molecule has 25 heavy (non-hydrogen) atoms. The Kier molecular flexibility index (Phi) is 9.09. The standard InChI is InChI=1S/C13H23NO7S3.Na/c1-5-7(2)14-12(22)23-6-8-9(21-24(15,16)17)10-11(18-8)20-13(3,4)19-10;/h7-11H,5-6H2,1-4H3,(H,14,22)(H,15,16,17);/q;+1/p-1/t7?,8-,9+,10-,11-;/m1./s1. The number of nitrogens with one attached hydrogen (secondary N) is 1. The molecule has 0 bridgehead atoms. The van der Waals surface area contributed by atoms with Gasteiger partial charge in [-0.3, -0.25) is 4.18 Å². The van der Waals surface area contributed by atoms with Crippen molar-refractivity contribution < 1.29 is 60.9 Å². The van der Waals surface area contributed by atoms with Crippen LogP contribution in [0.2, 0.25) is 0 Å². The smallest absolute Gasteiger partial charge is 0.726 e. The van der Waals surface area contributed by atoms with Gasteiger partial charge in [0.25, 0.3) is 0 Å². The molecule has 2 saturated heterocycles. The first-order valence-electron chi connectivity index (χ1n) is 7.59. The summed E-state index contributed by atoms with van der Waals surface area (Å²) in [4.78, 5) is 0. The normalized spacial score (nSPS) is 31.9. The number of hydrogen-bond donors (Lipinski definition) is 1. The molecule has 12 heteroatoms. The van der Waals surface area contributed by atoms with Gasteiger partial charge in [0.1, 0.15) is 22.6 Å². The molecule has 1 N–H and O–H groups in total. The molecule has 2 aliphatic heterocycles. The number of thiocarbonyl (C=S) groups is 1. The fourth-order valence-corrected chi connectivity index (χ4v) is 4.22. The van der Waals surface area contributed by atoms with Crippen molar-refractivity contribution in [3.05, 3.63) is 0 Å². The molecule has 140 valence electrons. The third-order valence-electron chi connectivity index (χ3n) is 3.67. The van der Waals surface area contributed by atoms with E-state index in [2.05, 4.69) is 9.50 Å². The second-order valence-electron chi connectivity index (χ2n) is 6.16. The van der Waals surface area contributed by atoms with Crippen LogP contribution in [0.1, 0.15) is 34.1 Å². The second-order valence-corrected chi connectivity index (χ2v) is 8.87. The Morgan fingerprint density at radius 1 is 1.44 bits per heavy atom. The Balaban J connectivity index is 0.00000312. The van der Waals surface area contributed by atoms with Gasteiger partial charge in [-0.25, -0.2) is 8.42 Å². The molecule has 5 atom stereocenters. The summed E-state index contributed by atoms with van der Waals surface area (Å²) in [6, 6.07) is 0.232. The van der Waals surface area contributed by atoms with Gasteiger partial charge in [0.15, 0.2) is 12.1 Å². The molecule has 8 nitrogen and oxygen atoms in total. The third-order valence-corrected chi connectivity index (χ3v) is 5.48. The summed E-state index contributed by atoms with van der Waals surface area (Å²) in [7, 11) is -4.90. The van der Waals surface area contributed by atoms with E-state index in [0.29, 0.717) is 10.1 Å². The van der Waals surface area contributed by atoms with E-state index in [9.17, 15) is 13.0 Å². The summed E-state index contributed by atoms with van der Waals surface area (Å²) in [5.41, 5.74) is 0. The molecule has 0 aromatic rings. The van der Waals surface area contributed by atoms with E-state index in [1.54, 1.807) is 13.8 Å². The van der Waals surface area contributed by atoms with E-state index in [1.807, 2.05) is 13.8 Å². The minimum atomic E-state index is -4.90. The zero-order chi connectivity index (χ0) is 18.1. The molecule has 0 spiro atoms. The predicted molar refractivity (Wildman–Crippen MR) is 91.2 cm³/mol. The van der Waals surface area contributed by atoms with Crippen LogP contribution in [0.5, 0.6) is 0 Å². The molecule has 0 aliphatic carbocycles. The fourth-order valence-electron chi connectivity index (χ4n) is 2.44. The predicted octanol–water partition coefficient (Wildman–Crippen LogP) is -1.88. The molecule has 2 heterocycles. The van der Waals surface area contributed by atoms with Gasteiger partial charge in [-0.2, -0.15) is 0 Å². The van der Waals surface area contributed by atoms with E-state index < -0.39 is 40.8 Å². The molecule has 2 rings (SSSR count). The number of thioether (sulfide) groups is 1. The maximum absolute atomic E-state index is 11.0. The molecule has 0 radical (unpaired) electrons. The molecular weight excluding hydrogens is 401 g/mol. The van der Waals surface area contributed by atoms with Gasteiger partial charge in [-0.05, 0) is 27.2 Å². The van der Waals surface area contributed by atoms with Gasteiger partial charge in [0.05, 0.1) is 0 Å². The van der Waals surface area contributed by atoms with E-state index in [4.69, 9.17) is 26.4 Å². The summed E-state index contributed by atoms with van der Waals surface area (Å²) < 4.78 is 55.2. The van der Waals surface area contributed by atoms with Gasteiger partial charge in [-0.1, -0.05) is 30.9 Å². The molecule has 2 aliphatic rings. The number of rotatable bonds is 6. The van der Waals surface area contributed by atoms with Crippen LogP contribution < -0.4 is 34.9 Å². The Labute approximate surface area is 180 Å². The SMILES string of the molecule is CCC(C)NC(=S)SC[C@H]1O[C@@H]2OC(C)(C)O[C@@H]2[C@H]1OS(=O)(=O)[O-].[Na+]. The fraction of sp³-hybridized carbons (Fsp3) is 0.923. The Bertz CT molecular complexity index is 574. The van der Waals surface area contributed by atoms with Crippen LogP contribution in [-0.2, 0) is 28.8 Å². The Hall–Kier alpha value is 0.990. The molecule has 1 unspecified atom stereocenters. The van der Waals surface area contributed by atoms with Crippen LogP contribution in [0.15, 0.2) is 0 Å². The summed E-state index contributed by atoms with van der Waals surface area (Å²) >= 11 is 6.52. The Morgan fingerprint density at radius 2 is 2.08 bits per heavy atom. The quantitative estimate of drug-likeness (QED) is 0.226. The van der Waals surface area contributed by atoms with E-state index in [0.717, 1.165) is 6.42 Å². The minimum absolute atomic E-state index is 0. The van der Waals surface area contributed by atoms with Crippen molar-refractivity contribution in [1.29, 1.82) is 0 Å². The van der Waals surface area contributed by atoms with Crippen molar-refractivity contribution >= 4 is 38.7 Å². The average molecular weight is 424 g/mol. The zero-order valence-corrected chi connectivity index (χ0v) is 19.3. The van der Waals surface area contributed by atoms with Gasteiger partial charge in [-0.15, -0.1) is 0 Å². The van der Waals surface area contributed by atoms with Gasteiger partial charge >= 0.3 is 29.6 Å². The summed E-state index contributed by atoms with van der Waals surface area (Å²) in [6.45, 7) is 7.38. The Morgan fingerprint density at radius 3 is 2.64 bits per heavy atom. The first-order valence-corrected chi connectivity index (χ1v) is 10.3. The molecular formula is C13H22NNaO7S3. The first-order chi connectivity index (χ1) is 11.0. The maximum Gasteiger partial charge on any atom is 1.00 e. The van der Waals surface area contributed by atoms with Gasteiger partial charge < -0.3 is 24.1 Å². The molecule has 0 amide bonds. The average Bonchev–Trinajstić information content (AvgIpc) is 2.88. The van der Waals surface area contributed by atoms with Crippen molar-refractivity contribution in [1.82, 2.24) is 5.32 Å². The van der Waals surface area contributed by atoms with E-state index >= 15 is 0 Å². The topological polar surface area (TPSA) is 106 Å². The summed E-state index contributed by atoms with van der Waals surface area (Å²) in [6.07, 6.45) is -2.42. The van der Waals surface area contributed by atoms with Crippen molar-refractivity contribution in [3.63, 3.8) is 0 Å². The number of fused-ring (bicyclic) bond motifs is 1. The monoisotopic (exact) mass is 423 g/mol. The number of ether oxygens (including phenoxy) is 3. The second kappa shape index (κ2) is 9.46. The molecule has 0 aromatic heterocycles. The van der Waals surface area contributed by atoms with Gasteiger partial charge in [0, 0.05) is 11.8 Å². The van der Waals surface area contributed by atoms with Crippen LogP contribution in [0.3, 0.4) is 0 Å². The summed E-state index contributed by atoms with van der Waals surface area (Å²) in [5, 5.41) is 3.14.